The SMILES string of the molecule is O=C(c1cccc(-n2cccc2)c1)N1CCC[C@H]1Cn1ccnn1. The molecule has 6 heteroatoms. The van der Waals surface area contributed by atoms with Crippen LogP contribution in [0.15, 0.2) is 61.2 Å². The lowest BCUT2D eigenvalue weighted by molar-refractivity contribution is 0.0721. The van der Waals surface area contributed by atoms with Crippen LogP contribution in [0, 0.1) is 0 Å². The van der Waals surface area contributed by atoms with E-state index in [1.54, 1.807) is 10.9 Å². The first-order chi connectivity index (χ1) is 11.8. The van der Waals surface area contributed by atoms with Crippen molar-refractivity contribution in [3.05, 3.63) is 66.7 Å². The van der Waals surface area contributed by atoms with Crippen molar-refractivity contribution in [1.29, 1.82) is 0 Å². The Kier molecular flexibility index (Phi) is 3.86. The fraction of sp³-hybridized carbons (Fsp3) is 0.278. The molecule has 1 saturated heterocycles. The van der Waals surface area contributed by atoms with Crippen LogP contribution in [-0.4, -0.2) is 43.0 Å². The third kappa shape index (κ3) is 2.82. The van der Waals surface area contributed by atoms with E-state index in [0.29, 0.717) is 6.54 Å². The number of benzene rings is 1. The predicted molar refractivity (Wildman–Crippen MR) is 89.8 cm³/mol. The Balaban J connectivity index is 1.55. The van der Waals surface area contributed by atoms with Crippen LogP contribution >= 0.6 is 0 Å². The molecule has 6 nitrogen and oxygen atoms in total. The third-order valence-electron chi connectivity index (χ3n) is 4.50. The summed E-state index contributed by atoms with van der Waals surface area (Å²) in [5.41, 5.74) is 1.73. The first-order valence-corrected chi connectivity index (χ1v) is 8.20. The molecule has 1 aromatic carbocycles. The van der Waals surface area contributed by atoms with Crippen LogP contribution in [0.2, 0.25) is 0 Å². The maximum Gasteiger partial charge on any atom is 0.254 e. The van der Waals surface area contributed by atoms with Crippen molar-refractivity contribution in [3.8, 4) is 5.69 Å². The van der Waals surface area contributed by atoms with E-state index < -0.39 is 0 Å². The van der Waals surface area contributed by atoms with Crippen LogP contribution < -0.4 is 0 Å². The fourth-order valence-electron chi connectivity index (χ4n) is 3.31. The lowest BCUT2D eigenvalue weighted by Gasteiger charge is -2.24. The summed E-state index contributed by atoms with van der Waals surface area (Å²) in [4.78, 5) is 14.9. The molecule has 4 rings (SSSR count). The molecule has 1 aliphatic rings. The highest BCUT2D eigenvalue weighted by atomic mass is 16.2. The second-order valence-corrected chi connectivity index (χ2v) is 6.06. The molecule has 3 heterocycles. The standard InChI is InChI=1S/C18H19N5O/c24-18(15-5-3-6-16(13-15)21-9-1-2-10-21)23-11-4-7-17(23)14-22-12-8-19-20-22/h1-3,5-6,8-10,12-13,17H,4,7,11,14H2/t17-/m0/s1. The van der Waals surface area contributed by atoms with Gasteiger partial charge in [-0.1, -0.05) is 11.3 Å². The molecule has 1 aliphatic heterocycles. The summed E-state index contributed by atoms with van der Waals surface area (Å²) in [6, 6.07) is 11.9. The number of hydrogen-bond donors (Lipinski definition) is 0. The van der Waals surface area contributed by atoms with Gasteiger partial charge >= 0.3 is 0 Å². The number of aromatic nitrogens is 4. The van der Waals surface area contributed by atoms with Gasteiger partial charge in [-0.3, -0.25) is 9.48 Å². The molecule has 24 heavy (non-hydrogen) atoms. The Morgan fingerprint density at radius 2 is 2.04 bits per heavy atom. The molecule has 2 aromatic heterocycles. The molecule has 0 N–H and O–H groups in total. The zero-order chi connectivity index (χ0) is 16.4. The number of likely N-dealkylation sites (tertiary alicyclic amines) is 1. The monoisotopic (exact) mass is 321 g/mol. The van der Waals surface area contributed by atoms with Gasteiger partial charge in [0.1, 0.15) is 0 Å². The molecule has 0 aliphatic carbocycles. The molecule has 3 aromatic rings. The van der Waals surface area contributed by atoms with Crippen molar-refractivity contribution in [2.24, 2.45) is 0 Å². The molecule has 0 saturated carbocycles. The van der Waals surface area contributed by atoms with Crippen molar-refractivity contribution >= 4 is 5.91 Å². The quantitative estimate of drug-likeness (QED) is 0.741. The zero-order valence-corrected chi connectivity index (χ0v) is 13.3. The van der Waals surface area contributed by atoms with E-state index in [-0.39, 0.29) is 11.9 Å². The van der Waals surface area contributed by atoms with Crippen molar-refractivity contribution < 1.29 is 4.79 Å². The maximum atomic E-state index is 13.0. The van der Waals surface area contributed by atoms with Gasteiger partial charge < -0.3 is 9.47 Å². The highest BCUT2D eigenvalue weighted by Crippen LogP contribution is 2.22. The Morgan fingerprint density at radius 3 is 2.83 bits per heavy atom. The Labute approximate surface area is 140 Å². The highest BCUT2D eigenvalue weighted by molar-refractivity contribution is 5.95. The maximum absolute atomic E-state index is 13.0. The van der Waals surface area contributed by atoms with Crippen LogP contribution in [0.1, 0.15) is 23.2 Å². The van der Waals surface area contributed by atoms with E-state index in [1.807, 2.05) is 64.5 Å². The number of carbonyl (C=O) groups is 1. The fourth-order valence-corrected chi connectivity index (χ4v) is 3.31. The molecule has 0 spiro atoms. The molecule has 0 radical (unpaired) electrons. The molecule has 1 amide bonds. The summed E-state index contributed by atoms with van der Waals surface area (Å²) in [7, 11) is 0. The molecule has 1 atom stereocenters. The lowest BCUT2D eigenvalue weighted by Crippen LogP contribution is -2.38. The van der Waals surface area contributed by atoms with Crippen LogP contribution in [0.5, 0.6) is 0 Å². The van der Waals surface area contributed by atoms with Crippen LogP contribution in [0.4, 0.5) is 0 Å². The summed E-state index contributed by atoms with van der Waals surface area (Å²) in [6.45, 7) is 1.50. The van der Waals surface area contributed by atoms with Gasteiger partial charge in [0.25, 0.3) is 5.91 Å². The second-order valence-electron chi connectivity index (χ2n) is 6.06. The van der Waals surface area contributed by atoms with E-state index in [2.05, 4.69) is 10.3 Å². The van der Waals surface area contributed by atoms with Crippen LogP contribution in [0.25, 0.3) is 5.69 Å². The van der Waals surface area contributed by atoms with Crippen molar-refractivity contribution in [2.75, 3.05) is 6.54 Å². The minimum atomic E-state index is 0.0895. The minimum Gasteiger partial charge on any atom is -0.334 e. The largest absolute Gasteiger partial charge is 0.334 e. The summed E-state index contributed by atoms with van der Waals surface area (Å²) >= 11 is 0. The molecule has 0 unspecified atom stereocenters. The summed E-state index contributed by atoms with van der Waals surface area (Å²) in [5, 5.41) is 7.86. The minimum absolute atomic E-state index is 0.0895. The van der Waals surface area contributed by atoms with Crippen LogP contribution in [-0.2, 0) is 6.54 Å². The van der Waals surface area contributed by atoms with E-state index in [0.717, 1.165) is 30.6 Å². The van der Waals surface area contributed by atoms with Gasteiger partial charge in [-0.15, -0.1) is 5.10 Å². The number of amides is 1. The van der Waals surface area contributed by atoms with Gasteiger partial charge in [0.2, 0.25) is 0 Å². The molecular formula is C18H19N5O. The van der Waals surface area contributed by atoms with E-state index in [1.165, 1.54) is 0 Å². The smallest absolute Gasteiger partial charge is 0.254 e. The summed E-state index contributed by atoms with van der Waals surface area (Å²) < 4.78 is 3.81. The average Bonchev–Trinajstić information content (AvgIpc) is 3.37. The Bertz CT molecular complexity index is 810. The van der Waals surface area contributed by atoms with Crippen LogP contribution in [0.3, 0.4) is 0 Å². The van der Waals surface area contributed by atoms with Gasteiger partial charge in [-0.25, -0.2) is 0 Å². The first kappa shape index (κ1) is 14.7. The van der Waals surface area contributed by atoms with Gasteiger partial charge in [-0.2, -0.15) is 0 Å². The first-order valence-electron chi connectivity index (χ1n) is 8.20. The Hall–Kier alpha value is -2.89. The van der Waals surface area contributed by atoms with Gasteiger partial charge in [0, 0.05) is 36.4 Å². The van der Waals surface area contributed by atoms with E-state index in [4.69, 9.17) is 0 Å². The number of nitrogens with zero attached hydrogens (tertiary/aromatic N) is 5. The summed E-state index contributed by atoms with van der Waals surface area (Å²) in [5.74, 6) is 0.0895. The van der Waals surface area contributed by atoms with Crippen molar-refractivity contribution in [3.63, 3.8) is 0 Å². The average molecular weight is 321 g/mol. The highest BCUT2D eigenvalue weighted by Gasteiger charge is 2.29. The van der Waals surface area contributed by atoms with Gasteiger partial charge in [0.15, 0.2) is 0 Å². The van der Waals surface area contributed by atoms with Gasteiger partial charge in [0.05, 0.1) is 18.8 Å². The zero-order valence-electron chi connectivity index (χ0n) is 13.3. The van der Waals surface area contributed by atoms with E-state index >= 15 is 0 Å². The second kappa shape index (κ2) is 6.31. The molecule has 1 fully saturated rings. The molecule has 122 valence electrons. The number of rotatable bonds is 4. The van der Waals surface area contributed by atoms with Crippen molar-refractivity contribution in [1.82, 2.24) is 24.5 Å². The Morgan fingerprint density at radius 1 is 1.17 bits per heavy atom. The normalized spacial score (nSPS) is 17.3. The van der Waals surface area contributed by atoms with Crippen molar-refractivity contribution in [2.45, 2.75) is 25.4 Å². The summed E-state index contributed by atoms with van der Waals surface area (Å²) in [6.07, 6.45) is 9.50. The number of hydrogen-bond acceptors (Lipinski definition) is 3. The molecular weight excluding hydrogens is 302 g/mol. The van der Waals surface area contributed by atoms with Gasteiger partial charge in [-0.05, 0) is 43.2 Å². The predicted octanol–water partition coefficient (Wildman–Crippen LogP) is 2.37. The van der Waals surface area contributed by atoms with E-state index in [9.17, 15) is 4.79 Å². The lowest BCUT2D eigenvalue weighted by atomic mass is 10.1. The molecule has 0 bridgehead atoms. The number of carbonyl (C=O) groups excluding carboxylic acids is 1. The topological polar surface area (TPSA) is 56.0 Å². The third-order valence-corrected chi connectivity index (χ3v) is 4.50.